The van der Waals surface area contributed by atoms with E-state index in [2.05, 4.69) is 185 Å². The van der Waals surface area contributed by atoms with Crippen LogP contribution in [0.4, 0.5) is 17.1 Å². The molecule has 4 heterocycles. The third-order valence-corrected chi connectivity index (χ3v) is 12.5. The van der Waals surface area contributed by atoms with Crippen molar-refractivity contribution in [3.63, 3.8) is 0 Å². The number of oxazole rings is 1. The highest BCUT2D eigenvalue weighted by Crippen LogP contribution is 2.49. The fourth-order valence-electron chi connectivity index (χ4n) is 8.82. The van der Waals surface area contributed by atoms with E-state index >= 15 is 0 Å². The van der Waals surface area contributed by atoms with Crippen molar-refractivity contribution >= 4 is 66.7 Å². The summed E-state index contributed by atoms with van der Waals surface area (Å²) in [5.74, 6) is 0.913. The molecule has 0 unspecified atom stereocenters. The number of thiophene rings is 1. The Hall–Kier alpha value is -5.39. The molecule has 0 bridgehead atoms. The van der Waals surface area contributed by atoms with Crippen molar-refractivity contribution in [2.75, 3.05) is 4.90 Å². The lowest BCUT2D eigenvalue weighted by Gasteiger charge is -2.36. The van der Waals surface area contributed by atoms with Gasteiger partial charge in [-0.1, -0.05) is 126 Å². The Kier molecular flexibility index (Phi) is 6.89. The summed E-state index contributed by atoms with van der Waals surface area (Å²) in [6, 6.07) is 47.3. The number of aryl methyl sites for hydroxylation is 1. The second-order valence-electron chi connectivity index (χ2n) is 16.9. The molecular formula is C48H42BN2OS+. The Balaban J connectivity index is 1.35. The smallest absolute Gasteiger partial charge is 0.399 e. The Morgan fingerprint density at radius 2 is 1.38 bits per heavy atom. The molecule has 0 saturated heterocycles. The van der Waals surface area contributed by atoms with E-state index in [4.69, 9.17) is 4.42 Å². The molecule has 0 fully saturated rings. The number of aromatic nitrogens is 1. The van der Waals surface area contributed by atoms with Gasteiger partial charge in [-0.25, -0.2) is 4.48 Å². The predicted molar refractivity (Wildman–Crippen MR) is 225 cm³/mol. The van der Waals surface area contributed by atoms with Crippen molar-refractivity contribution < 1.29 is 8.90 Å². The molecule has 0 N–H and O–H groups in total. The van der Waals surface area contributed by atoms with Crippen molar-refractivity contribution in [3.05, 3.63) is 144 Å². The molecule has 0 radical (unpaired) electrons. The number of anilines is 3. The van der Waals surface area contributed by atoms with Crippen LogP contribution >= 0.6 is 11.3 Å². The fraction of sp³-hybridized carbons (Fsp3) is 0.188. The summed E-state index contributed by atoms with van der Waals surface area (Å²) in [4.78, 5) is 2.60. The molecule has 8 aromatic rings. The molecule has 0 aliphatic carbocycles. The summed E-state index contributed by atoms with van der Waals surface area (Å²) >= 11 is 1.92. The zero-order chi connectivity index (χ0) is 36.4. The van der Waals surface area contributed by atoms with Gasteiger partial charge in [0.15, 0.2) is 0 Å². The molecule has 53 heavy (non-hydrogen) atoms. The maximum absolute atomic E-state index is 7.07. The fourth-order valence-corrected chi connectivity index (χ4v) is 10.1. The van der Waals surface area contributed by atoms with Gasteiger partial charge in [0.25, 0.3) is 0 Å². The Morgan fingerprint density at radius 1 is 0.642 bits per heavy atom. The number of fused-ring (bicyclic) bond motifs is 6. The first-order valence-corrected chi connectivity index (χ1v) is 19.5. The van der Waals surface area contributed by atoms with E-state index in [9.17, 15) is 0 Å². The molecule has 2 aliphatic heterocycles. The summed E-state index contributed by atoms with van der Waals surface area (Å²) in [7, 11) is 0. The van der Waals surface area contributed by atoms with Crippen LogP contribution in [0.1, 0.15) is 58.2 Å². The van der Waals surface area contributed by atoms with Crippen LogP contribution in [-0.4, -0.2) is 6.85 Å². The molecule has 0 atom stereocenters. The molecule has 2 aliphatic rings. The highest BCUT2D eigenvalue weighted by Gasteiger charge is 2.55. The van der Waals surface area contributed by atoms with Gasteiger partial charge in [-0.3, -0.25) is 0 Å². The van der Waals surface area contributed by atoms with Gasteiger partial charge in [0, 0.05) is 26.8 Å². The van der Waals surface area contributed by atoms with E-state index in [1.54, 1.807) is 0 Å². The molecular weight excluding hydrogens is 663 g/mol. The Morgan fingerprint density at radius 3 is 2.17 bits per heavy atom. The van der Waals surface area contributed by atoms with Crippen molar-refractivity contribution in [1.82, 2.24) is 0 Å². The topological polar surface area (TPSA) is 20.3 Å². The SMILES string of the molecule is Cc1cc2c3c(c1)N(c1ccc(C(C)(C)C)cc1-c1ccccc1)c1c(sc4ccccc14)B3[n+]1c(-c3ccccc3C(C)(C)C)oc3cccc-2c31. The van der Waals surface area contributed by atoms with Gasteiger partial charge in [-0.2, -0.15) is 0 Å². The summed E-state index contributed by atoms with van der Waals surface area (Å²) in [6.07, 6.45) is 0. The van der Waals surface area contributed by atoms with Gasteiger partial charge >= 0.3 is 12.7 Å². The van der Waals surface area contributed by atoms with Crippen LogP contribution in [0.2, 0.25) is 0 Å². The molecule has 0 saturated carbocycles. The van der Waals surface area contributed by atoms with Crippen molar-refractivity contribution in [3.8, 4) is 33.7 Å². The molecule has 2 aromatic heterocycles. The molecule has 10 rings (SSSR count). The molecule has 258 valence electrons. The van der Waals surface area contributed by atoms with Gasteiger partial charge in [-0.15, -0.1) is 11.3 Å². The average molecular weight is 706 g/mol. The van der Waals surface area contributed by atoms with Crippen LogP contribution in [0.5, 0.6) is 0 Å². The molecule has 0 amide bonds. The molecule has 5 heteroatoms. The number of hydrogen-bond donors (Lipinski definition) is 0. The second kappa shape index (κ2) is 11.3. The van der Waals surface area contributed by atoms with Crippen molar-refractivity contribution in [2.45, 2.75) is 59.3 Å². The van der Waals surface area contributed by atoms with Crippen molar-refractivity contribution in [2.24, 2.45) is 0 Å². The van der Waals surface area contributed by atoms with Gasteiger partial charge < -0.3 is 9.32 Å². The summed E-state index contributed by atoms with van der Waals surface area (Å²) in [5.41, 5.74) is 17.0. The van der Waals surface area contributed by atoms with Crippen molar-refractivity contribution in [1.29, 1.82) is 0 Å². The summed E-state index contributed by atoms with van der Waals surface area (Å²) < 4.78 is 12.2. The maximum Gasteiger partial charge on any atom is 0.578 e. The van der Waals surface area contributed by atoms with Crippen LogP contribution < -0.4 is 19.6 Å². The van der Waals surface area contributed by atoms with E-state index in [0.29, 0.717) is 0 Å². The quantitative estimate of drug-likeness (QED) is 0.171. The third-order valence-electron chi connectivity index (χ3n) is 11.3. The van der Waals surface area contributed by atoms with Crippen LogP contribution in [-0.2, 0) is 10.8 Å². The van der Waals surface area contributed by atoms with Gasteiger partial charge in [0.2, 0.25) is 11.1 Å². The average Bonchev–Trinajstić information content (AvgIpc) is 3.72. The van der Waals surface area contributed by atoms with Gasteiger partial charge in [0.05, 0.1) is 27.3 Å². The highest BCUT2D eigenvalue weighted by molar-refractivity contribution is 7.31. The standard InChI is InChI=1S/C48H42BN2OS/c1-29-26-36-32-20-15-22-40-43(32)51(46(52-40)33-18-11-13-21-37(33)48(5,6)7)49-42(36)39(27-29)50(44-34-19-12-14-23-41(34)53-45(44)49)38-25-24-31(47(2,3)4)28-35(38)30-16-9-8-10-17-30/h8-28H,1-7H3/q+1. The minimum atomic E-state index is -0.0718. The van der Waals surface area contributed by atoms with Crippen LogP contribution in [0.15, 0.2) is 132 Å². The van der Waals surface area contributed by atoms with Crippen LogP contribution in [0.25, 0.3) is 54.9 Å². The maximum atomic E-state index is 7.07. The summed E-state index contributed by atoms with van der Waals surface area (Å²) in [5, 5.41) is 1.27. The predicted octanol–water partition coefficient (Wildman–Crippen LogP) is 11.6. The lowest BCUT2D eigenvalue weighted by Crippen LogP contribution is -2.70. The highest BCUT2D eigenvalue weighted by atomic mass is 32.1. The first-order valence-electron chi connectivity index (χ1n) is 18.7. The number of benzene rings is 6. The Labute approximate surface area is 316 Å². The molecule has 0 spiro atoms. The summed E-state index contributed by atoms with van der Waals surface area (Å²) in [6.45, 7) is 16.0. The second-order valence-corrected chi connectivity index (χ2v) is 18.0. The van der Waals surface area contributed by atoms with Crippen LogP contribution in [0, 0.1) is 6.92 Å². The Bertz CT molecular complexity index is 2780. The number of nitrogens with zero attached hydrogens (tertiary/aromatic N) is 2. The monoisotopic (exact) mass is 705 g/mol. The number of rotatable bonds is 3. The first kappa shape index (κ1) is 32.3. The largest absolute Gasteiger partial charge is 0.578 e. The number of hydrogen-bond acceptors (Lipinski definition) is 3. The van der Waals surface area contributed by atoms with Crippen LogP contribution in [0.3, 0.4) is 0 Å². The lowest BCUT2D eigenvalue weighted by molar-refractivity contribution is -0.495. The van der Waals surface area contributed by atoms with E-state index in [1.165, 1.54) is 76.3 Å². The third kappa shape index (κ3) is 4.76. The van der Waals surface area contributed by atoms with E-state index in [0.717, 1.165) is 22.6 Å². The molecule has 3 nitrogen and oxygen atoms in total. The number of para-hydroxylation sites is 1. The lowest BCUT2D eigenvalue weighted by atomic mass is 9.48. The minimum Gasteiger partial charge on any atom is -0.399 e. The first-order chi connectivity index (χ1) is 25.5. The minimum absolute atomic E-state index is 0.00451. The van der Waals surface area contributed by atoms with Gasteiger partial charge in [-0.05, 0) is 88.0 Å². The normalized spacial score (nSPS) is 13.5. The zero-order valence-corrected chi connectivity index (χ0v) is 32.2. The zero-order valence-electron chi connectivity index (χ0n) is 31.4. The van der Waals surface area contributed by atoms with E-state index < -0.39 is 0 Å². The van der Waals surface area contributed by atoms with E-state index in [-0.39, 0.29) is 17.7 Å². The van der Waals surface area contributed by atoms with E-state index in [1.807, 2.05) is 11.3 Å². The molecule has 6 aromatic carbocycles. The van der Waals surface area contributed by atoms with Gasteiger partial charge in [0.1, 0.15) is 0 Å².